The maximum absolute atomic E-state index is 11.5. The second kappa shape index (κ2) is 6.80. The van der Waals surface area contributed by atoms with Crippen molar-refractivity contribution in [2.24, 2.45) is 0 Å². The van der Waals surface area contributed by atoms with Gasteiger partial charge in [-0.3, -0.25) is 0 Å². The molecule has 0 saturated carbocycles. The average molecular weight is 220 g/mol. The molecule has 0 unspecified atom stereocenters. The quantitative estimate of drug-likeness (QED) is 0.546. The van der Waals surface area contributed by atoms with Crippen LogP contribution >= 0.6 is 0 Å². The van der Waals surface area contributed by atoms with Crippen LogP contribution in [0, 0.1) is 0 Å². The van der Waals surface area contributed by atoms with E-state index in [9.17, 15) is 4.79 Å². The Morgan fingerprint density at radius 3 is 2.56 bits per heavy atom. The largest absolute Gasteiger partial charge is 0.460 e. The molecule has 0 heterocycles. The van der Waals surface area contributed by atoms with Crippen LogP contribution in [0.15, 0.2) is 30.8 Å². The molecule has 0 spiro atoms. The summed E-state index contributed by atoms with van der Waals surface area (Å²) in [7, 11) is 0. The van der Waals surface area contributed by atoms with Crippen molar-refractivity contribution in [3.05, 3.63) is 42.0 Å². The standard InChI is InChI=1S/C13H16O3/c1-3-11-5-7-12(8-6-11)13(14)16-10-9-15-4-2/h3,5-8H,1,4,9-10H2,2H3. The van der Waals surface area contributed by atoms with Crippen molar-refractivity contribution < 1.29 is 14.3 Å². The van der Waals surface area contributed by atoms with Gasteiger partial charge in [-0.25, -0.2) is 4.79 Å². The molecule has 1 aromatic rings. The smallest absolute Gasteiger partial charge is 0.338 e. The van der Waals surface area contributed by atoms with Crippen molar-refractivity contribution in [3.63, 3.8) is 0 Å². The number of carbonyl (C=O) groups is 1. The van der Waals surface area contributed by atoms with Gasteiger partial charge in [0.25, 0.3) is 0 Å². The first-order valence-corrected chi connectivity index (χ1v) is 5.25. The van der Waals surface area contributed by atoms with Crippen LogP contribution in [0.3, 0.4) is 0 Å². The topological polar surface area (TPSA) is 35.5 Å². The van der Waals surface area contributed by atoms with E-state index < -0.39 is 0 Å². The van der Waals surface area contributed by atoms with Crippen LogP contribution in [0.4, 0.5) is 0 Å². The molecule has 0 radical (unpaired) electrons. The SMILES string of the molecule is C=Cc1ccc(C(=O)OCCOCC)cc1. The normalized spacial score (nSPS) is 9.81. The van der Waals surface area contributed by atoms with Crippen molar-refractivity contribution in [3.8, 4) is 0 Å². The van der Waals surface area contributed by atoms with Crippen molar-refractivity contribution >= 4 is 12.0 Å². The van der Waals surface area contributed by atoms with E-state index in [0.29, 0.717) is 18.8 Å². The van der Waals surface area contributed by atoms with E-state index in [2.05, 4.69) is 6.58 Å². The molecule has 0 aromatic heterocycles. The first-order chi connectivity index (χ1) is 7.77. The fourth-order valence-corrected chi connectivity index (χ4v) is 1.18. The summed E-state index contributed by atoms with van der Waals surface area (Å²) in [5.41, 5.74) is 1.52. The Hall–Kier alpha value is -1.61. The van der Waals surface area contributed by atoms with Crippen molar-refractivity contribution in [2.45, 2.75) is 6.92 Å². The zero-order chi connectivity index (χ0) is 11.8. The van der Waals surface area contributed by atoms with Gasteiger partial charge in [-0.15, -0.1) is 0 Å². The number of esters is 1. The van der Waals surface area contributed by atoms with Crippen LogP contribution in [0.2, 0.25) is 0 Å². The maximum Gasteiger partial charge on any atom is 0.338 e. The van der Waals surface area contributed by atoms with E-state index in [1.54, 1.807) is 18.2 Å². The molecule has 0 atom stereocenters. The third-order valence-electron chi connectivity index (χ3n) is 2.05. The highest BCUT2D eigenvalue weighted by Crippen LogP contribution is 2.06. The van der Waals surface area contributed by atoms with E-state index in [1.165, 1.54) is 0 Å². The minimum Gasteiger partial charge on any atom is -0.460 e. The molecule has 0 saturated heterocycles. The Labute approximate surface area is 95.7 Å². The van der Waals surface area contributed by atoms with Gasteiger partial charge in [0.05, 0.1) is 12.2 Å². The Kier molecular flexibility index (Phi) is 5.29. The highest BCUT2D eigenvalue weighted by Gasteiger charge is 2.05. The van der Waals surface area contributed by atoms with Crippen LogP contribution in [-0.2, 0) is 9.47 Å². The molecule has 16 heavy (non-hydrogen) atoms. The van der Waals surface area contributed by atoms with Gasteiger partial charge in [-0.2, -0.15) is 0 Å². The van der Waals surface area contributed by atoms with Crippen LogP contribution in [0.25, 0.3) is 6.08 Å². The van der Waals surface area contributed by atoms with Crippen molar-refractivity contribution in [1.29, 1.82) is 0 Å². The van der Waals surface area contributed by atoms with Gasteiger partial charge in [0.1, 0.15) is 6.61 Å². The Morgan fingerprint density at radius 2 is 2.00 bits per heavy atom. The molecule has 1 aromatic carbocycles. The summed E-state index contributed by atoms with van der Waals surface area (Å²) < 4.78 is 10.1. The zero-order valence-electron chi connectivity index (χ0n) is 9.44. The fourth-order valence-electron chi connectivity index (χ4n) is 1.18. The second-order valence-corrected chi connectivity index (χ2v) is 3.16. The Balaban J connectivity index is 2.43. The molecule has 0 aliphatic rings. The van der Waals surface area contributed by atoms with E-state index in [4.69, 9.17) is 9.47 Å². The molecule has 0 aliphatic carbocycles. The highest BCUT2D eigenvalue weighted by atomic mass is 16.6. The average Bonchev–Trinajstić information content (AvgIpc) is 2.34. The third-order valence-corrected chi connectivity index (χ3v) is 2.05. The summed E-state index contributed by atoms with van der Waals surface area (Å²) in [6.07, 6.45) is 1.73. The van der Waals surface area contributed by atoms with Crippen LogP contribution < -0.4 is 0 Å². The summed E-state index contributed by atoms with van der Waals surface area (Å²) in [6, 6.07) is 7.10. The predicted octanol–water partition coefficient (Wildman–Crippen LogP) is 2.52. The highest BCUT2D eigenvalue weighted by molar-refractivity contribution is 5.89. The molecular formula is C13H16O3. The van der Waals surface area contributed by atoms with E-state index >= 15 is 0 Å². The summed E-state index contributed by atoms with van der Waals surface area (Å²) >= 11 is 0. The lowest BCUT2D eigenvalue weighted by Gasteiger charge is -2.04. The second-order valence-electron chi connectivity index (χ2n) is 3.16. The zero-order valence-corrected chi connectivity index (χ0v) is 9.44. The molecule has 3 nitrogen and oxygen atoms in total. The predicted molar refractivity (Wildman–Crippen MR) is 63.3 cm³/mol. The van der Waals surface area contributed by atoms with E-state index in [0.717, 1.165) is 5.56 Å². The van der Waals surface area contributed by atoms with Gasteiger partial charge in [0, 0.05) is 6.61 Å². The van der Waals surface area contributed by atoms with Gasteiger partial charge in [-0.1, -0.05) is 24.8 Å². The molecule has 3 heteroatoms. The van der Waals surface area contributed by atoms with Gasteiger partial charge in [-0.05, 0) is 24.6 Å². The molecule has 86 valence electrons. The minimum absolute atomic E-state index is 0.288. The van der Waals surface area contributed by atoms with Crippen LogP contribution in [-0.4, -0.2) is 25.8 Å². The van der Waals surface area contributed by atoms with Gasteiger partial charge >= 0.3 is 5.97 Å². The van der Waals surface area contributed by atoms with E-state index in [1.807, 2.05) is 19.1 Å². The monoisotopic (exact) mass is 220 g/mol. The van der Waals surface area contributed by atoms with E-state index in [-0.39, 0.29) is 12.6 Å². The molecule has 0 fully saturated rings. The fraction of sp³-hybridized carbons (Fsp3) is 0.308. The maximum atomic E-state index is 11.5. The summed E-state index contributed by atoms with van der Waals surface area (Å²) in [4.78, 5) is 11.5. The third kappa shape index (κ3) is 3.87. The summed E-state index contributed by atoms with van der Waals surface area (Å²) in [6.45, 7) is 6.90. The molecular weight excluding hydrogens is 204 g/mol. The first-order valence-electron chi connectivity index (χ1n) is 5.25. The number of hydrogen-bond acceptors (Lipinski definition) is 3. The van der Waals surface area contributed by atoms with Crippen LogP contribution in [0.1, 0.15) is 22.8 Å². The van der Waals surface area contributed by atoms with Crippen LogP contribution in [0.5, 0.6) is 0 Å². The van der Waals surface area contributed by atoms with Gasteiger partial charge in [0.15, 0.2) is 0 Å². The number of benzene rings is 1. The molecule has 0 aliphatic heterocycles. The lowest BCUT2D eigenvalue weighted by molar-refractivity contribution is 0.0335. The molecule has 0 bridgehead atoms. The summed E-state index contributed by atoms with van der Waals surface area (Å²) in [5, 5.41) is 0. The lowest BCUT2D eigenvalue weighted by atomic mass is 10.1. The first kappa shape index (κ1) is 12.5. The van der Waals surface area contributed by atoms with Crippen molar-refractivity contribution in [2.75, 3.05) is 19.8 Å². The number of hydrogen-bond donors (Lipinski definition) is 0. The Morgan fingerprint density at radius 1 is 1.31 bits per heavy atom. The lowest BCUT2D eigenvalue weighted by Crippen LogP contribution is -2.10. The number of rotatable bonds is 6. The number of ether oxygens (including phenoxy) is 2. The minimum atomic E-state index is -0.324. The Bertz CT molecular complexity index is 341. The molecule has 1 rings (SSSR count). The molecule has 0 amide bonds. The van der Waals surface area contributed by atoms with Gasteiger partial charge in [0.2, 0.25) is 0 Å². The summed E-state index contributed by atoms with van der Waals surface area (Å²) in [5.74, 6) is -0.324. The number of carbonyl (C=O) groups excluding carboxylic acids is 1. The molecule has 0 N–H and O–H groups in total. The van der Waals surface area contributed by atoms with Crippen molar-refractivity contribution in [1.82, 2.24) is 0 Å². The van der Waals surface area contributed by atoms with Gasteiger partial charge < -0.3 is 9.47 Å².